The molecule has 7 heteroatoms. The smallest absolute Gasteiger partial charge is 0.225 e. The lowest BCUT2D eigenvalue weighted by Crippen LogP contribution is -2.45. The van der Waals surface area contributed by atoms with Gasteiger partial charge < -0.3 is 20.3 Å². The zero-order valence-electron chi connectivity index (χ0n) is 15.7. The third kappa shape index (κ3) is 4.65. The van der Waals surface area contributed by atoms with E-state index in [-0.39, 0.29) is 12.0 Å². The Morgan fingerprint density at radius 3 is 2.88 bits per heavy atom. The number of carbonyl (C=O) groups excluding carboxylic acids is 1. The first-order chi connectivity index (χ1) is 12.7. The van der Waals surface area contributed by atoms with Crippen LogP contribution >= 0.6 is 0 Å². The van der Waals surface area contributed by atoms with Crippen LogP contribution in [0.15, 0.2) is 23.2 Å². The molecule has 1 saturated carbocycles. The molecule has 0 radical (unpaired) electrons. The second-order valence-corrected chi connectivity index (χ2v) is 6.99. The molecule has 0 bridgehead atoms. The maximum Gasteiger partial charge on any atom is 0.225 e. The number of pyridine rings is 1. The van der Waals surface area contributed by atoms with E-state index in [0.717, 1.165) is 44.0 Å². The first kappa shape index (κ1) is 18.5. The van der Waals surface area contributed by atoms with E-state index in [9.17, 15) is 4.79 Å². The van der Waals surface area contributed by atoms with Crippen molar-refractivity contribution in [2.45, 2.75) is 44.7 Å². The average molecular weight is 359 g/mol. The second-order valence-electron chi connectivity index (χ2n) is 6.99. The van der Waals surface area contributed by atoms with E-state index in [1.807, 2.05) is 23.1 Å². The molecule has 0 aromatic carbocycles. The van der Waals surface area contributed by atoms with Gasteiger partial charge in [-0.25, -0.2) is 4.98 Å². The molecule has 7 nitrogen and oxygen atoms in total. The molecule has 2 fully saturated rings. The molecule has 26 heavy (non-hydrogen) atoms. The summed E-state index contributed by atoms with van der Waals surface area (Å²) in [7, 11) is 3.36. The van der Waals surface area contributed by atoms with Gasteiger partial charge in [0.05, 0.1) is 19.3 Å². The molecule has 1 aliphatic carbocycles. The Balaban J connectivity index is 1.47. The SMILES string of the molecule is CN=C(NCc1cccc(OC)n1)NC1CCN(C(=O)C2CCCC2)C1. The molecule has 1 aliphatic heterocycles. The lowest BCUT2D eigenvalue weighted by molar-refractivity contribution is -0.134. The minimum absolute atomic E-state index is 0.241. The number of nitrogens with zero attached hydrogens (tertiary/aromatic N) is 3. The highest BCUT2D eigenvalue weighted by molar-refractivity contribution is 5.81. The largest absolute Gasteiger partial charge is 0.481 e. The number of nitrogens with one attached hydrogen (secondary N) is 2. The number of ether oxygens (including phenoxy) is 1. The molecule has 2 aliphatic rings. The molecule has 1 saturated heterocycles. The Kier molecular flexibility index (Phi) is 6.30. The van der Waals surface area contributed by atoms with Crippen molar-refractivity contribution in [2.75, 3.05) is 27.2 Å². The summed E-state index contributed by atoms with van der Waals surface area (Å²) in [5.41, 5.74) is 0.886. The summed E-state index contributed by atoms with van der Waals surface area (Å²) in [5.74, 6) is 1.93. The van der Waals surface area contributed by atoms with Gasteiger partial charge in [0.2, 0.25) is 11.8 Å². The number of guanidine groups is 1. The molecule has 142 valence electrons. The van der Waals surface area contributed by atoms with E-state index in [1.54, 1.807) is 14.2 Å². The highest BCUT2D eigenvalue weighted by atomic mass is 16.5. The van der Waals surface area contributed by atoms with Crippen LogP contribution in [0.25, 0.3) is 0 Å². The average Bonchev–Trinajstić information content (AvgIpc) is 3.36. The number of methoxy groups -OCH3 is 1. The van der Waals surface area contributed by atoms with E-state index in [4.69, 9.17) is 4.74 Å². The molecule has 1 amide bonds. The minimum Gasteiger partial charge on any atom is -0.481 e. The summed E-state index contributed by atoms with van der Waals surface area (Å²) in [5, 5.41) is 6.71. The Morgan fingerprint density at radius 1 is 1.35 bits per heavy atom. The van der Waals surface area contributed by atoms with Crippen LogP contribution in [0.5, 0.6) is 5.88 Å². The summed E-state index contributed by atoms with van der Waals surface area (Å²) >= 11 is 0. The third-order valence-corrected chi connectivity index (χ3v) is 5.20. The number of carbonyl (C=O) groups is 1. The van der Waals surface area contributed by atoms with Crippen molar-refractivity contribution < 1.29 is 9.53 Å². The minimum atomic E-state index is 0.241. The fourth-order valence-electron chi connectivity index (χ4n) is 3.74. The van der Waals surface area contributed by atoms with Crippen molar-refractivity contribution in [1.82, 2.24) is 20.5 Å². The van der Waals surface area contributed by atoms with Crippen LogP contribution in [0, 0.1) is 5.92 Å². The zero-order chi connectivity index (χ0) is 18.4. The number of aliphatic imine (C=N–C) groups is 1. The van der Waals surface area contributed by atoms with E-state index in [1.165, 1.54) is 12.8 Å². The topological polar surface area (TPSA) is 78.9 Å². The Bertz CT molecular complexity index is 643. The fraction of sp³-hybridized carbons (Fsp3) is 0.632. The highest BCUT2D eigenvalue weighted by Gasteiger charge is 2.32. The van der Waals surface area contributed by atoms with Gasteiger partial charge in [-0.2, -0.15) is 0 Å². The van der Waals surface area contributed by atoms with Gasteiger partial charge in [-0.15, -0.1) is 0 Å². The predicted octanol–water partition coefficient (Wildman–Crippen LogP) is 1.55. The zero-order valence-corrected chi connectivity index (χ0v) is 15.7. The molecule has 1 aromatic heterocycles. The summed E-state index contributed by atoms with van der Waals surface area (Å²) in [6.07, 6.45) is 5.46. The number of likely N-dealkylation sites (tertiary alicyclic amines) is 1. The van der Waals surface area contributed by atoms with Crippen molar-refractivity contribution in [3.8, 4) is 5.88 Å². The van der Waals surface area contributed by atoms with Gasteiger partial charge in [0.1, 0.15) is 0 Å². The van der Waals surface area contributed by atoms with Gasteiger partial charge in [0.15, 0.2) is 5.96 Å². The van der Waals surface area contributed by atoms with Crippen molar-refractivity contribution in [3.05, 3.63) is 23.9 Å². The van der Waals surface area contributed by atoms with E-state index in [0.29, 0.717) is 18.3 Å². The van der Waals surface area contributed by atoms with E-state index < -0.39 is 0 Å². The Morgan fingerprint density at radius 2 is 2.15 bits per heavy atom. The van der Waals surface area contributed by atoms with Gasteiger partial charge in [0, 0.05) is 38.2 Å². The number of aromatic nitrogens is 1. The molecule has 2 N–H and O–H groups in total. The van der Waals surface area contributed by atoms with Crippen LogP contribution in [-0.2, 0) is 11.3 Å². The van der Waals surface area contributed by atoms with E-state index in [2.05, 4.69) is 20.6 Å². The van der Waals surface area contributed by atoms with Crippen LogP contribution in [0.1, 0.15) is 37.8 Å². The molecular formula is C19H29N5O2. The maximum atomic E-state index is 12.6. The quantitative estimate of drug-likeness (QED) is 0.616. The predicted molar refractivity (Wildman–Crippen MR) is 101 cm³/mol. The molecule has 1 aromatic rings. The molecule has 1 atom stereocenters. The Hall–Kier alpha value is -2.31. The maximum absolute atomic E-state index is 12.6. The highest BCUT2D eigenvalue weighted by Crippen LogP contribution is 2.27. The van der Waals surface area contributed by atoms with Gasteiger partial charge in [-0.3, -0.25) is 9.79 Å². The van der Waals surface area contributed by atoms with Crippen LogP contribution in [0.2, 0.25) is 0 Å². The van der Waals surface area contributed by atoms with Gasteiger partial charge in [0.25, 0.3) is 0 Å². The van der Waals surface area contributed by atoms with Gasteiger partial charge >= 0.3 is 0 Å². The van der Waals surface area contributed by atoms with Gasteiger partial charge in [-0.1, -0.05) is 18.9 Å². The standard InChI is InChI=1S/C19H29N5O2/c1-20-19(21-12-15-8-5-9-17(22-15)26-2)23-16-10-11-24(13-16)18(25)14-6-3-4-7-14/h5,8-9,14,16H,3-4,6-7,10-13H2,1-2H3,(H2,20,21,23). The summed E-state index contributed by atoms with van der Waals surface area (Å²) < 4.78 is 5.15. The normalized spacial score (nSPS) is 21.1. The van der Waals surface area contributed by atoms with Crippen molar-refractivity contribution in [2.24, 2.45) is 10.9 Å². The first-order valence-electron chi connectivity index (χ1n) is 9.45. The van der Waals surface area contributed by atoms with Crippen LogP contribution < -0.4 is 15.4 Å². The summed E-state index contributed by atoms with van der Waals surface area (Å²) in [4.78, 5) is 23.2. The summed E-state index contributed by atoms with van der Waals surface area (Å²) in [6, 6.07) is 5.93. The number of hydrogen-bond acceptors (Lipinski definition) is 4. The molecular weight excluding hydrogens is 330 g/mol. The lowest BCUT2D eigenvalue weighted by Gasteiger charge is -2.21. The Labute approximate surface area is 155 Å². The first-order valence-corrected chi connectivity index (χ1v) is 9.45. The van der Waals surface area contributed by atoms with Crippen molar-refractivity contribution in [3.63, 3.8) is 0 Å². The fourth-order valence-corrected chi connectivity index (χ4v) is 3.74. The third-order valence-electron chi connectivity index (χ3n) is 5.20. The second kappa shape index (κ2) is 8.87. The van der Waals surface area contributed by atoms with Crippen LogP contribution in [0.3, 0.4) is 0 Å². The van der Waals surface area contributed by atoms with Crippen LogP contribution in [0.4, 0.5) is 0 Å². The van der Waals surface area contributed by atoms with Crippen molar-refractivity contribution in [1.29, 1.82) is 0 Å². The van der Waals surface area contributed by atoms with Gasteiger partial charge in [-0.05, 0) is 25.3 Å². The molecule has 1 unspecified atom stereocenters. The number of hydrogen-bond donors (Lipinski definition) is 2. The van der Waals surface area contributed by atoms with Crippen LogP contribution in [-0.4, -0.2) is 55.0 Å². The lowest BCUT2D eigenvalue weighted by atomic mass is 10.1. The molecule has 0 spiro atoms. The molecule has 3 rings (SSSR count). The number of amides is 1. The van der Waals surface area contributed by atoms with Crippen molar-refractivity contribution >= 4 is 11.9 Å². The number of rotatable bonds is 5. The molecule has 2 heterocycles. The monoisotopic (exact) mass is 359 g/mol. The van der Waals surface area contributed by atoms with E-state index >= 15 is 0 Å². The summed E-state index contributed by atoms with van der Waals surface area (Å²) in [6.45, 7) is 2.16.